The largest absolute Gasteiger partial charge is 0.469 e. The number of aryl methyl sites for hydroxylation is 2. The first-order chi connectivity index (χ1) is 4.25. The Morgan fingerprint density at radius 1 is 1.56 bits per heavy atom. The Labute approximate surface area is 53.5 Å². The molecular formula is C7H8O2. The summed E-state index contributed by atoms with van der Waals surface area (Å²) in [5, 5.41) is 0. The Bertz CT molecular complexity index is 203. The number of furan rings is 1. The third kappa shape index (κ3) is 0.875. The van der Waals surface area contributed by atoms with E-state index in [0.29, 0.717) is 11.3 Å². The molecule has 0 saturated carbocycles. The van der Waals surface area contributed by atoms with E-state index in [-0.39, 0.29) is 0 Å². The van der Waals surface area contributed by atoms with Gasteiger partial charge in [0, 0.05) is 0 Å². The van der Waals surface area contributed by atoms with E-state index in [2.05, 4.69) is 0 Å². The fourth-order valence-electron chi connectivity index (χ4n) is 0.757. The SMILES string of the molecule is Cc1coc(C)c1C=O. The smallest absolute Gasteiger partial charge is 0.153 e. The van der Waals surface area contributed by atoms with Gasteiger partial charge in [-0.3, -0.25) is 4.79 Å². The molecule has 0 N–H and O–H groups in total. The molecule has 0 saturated heterocycles. The first kappa shape index (κ1) is 6.08. The number of carbonyl (C=O) groups is 1. The number of rotatable bonds is 1. The maximum absolute atomic E-state index is 10.2. The van der Waals surface area contributed by atoms with Crippen molar-refractivity contribution < 1.29 is 9.21 Å². The second-order valence-corrected chi connectivity index (χ2v) is 2.01. The zero-order chi connectivity index (χ0) is 6.85. The molecule has 9 heavy (non-hydrogen) atoms. The molecule has 0 radical (unpaired) electrons. The molecule has 0 fully saturated rings. The van der Waals surface area contributed by atoms with E-state index in [1.54, 1.807) is 13.2 Å². The van der Waals surface area contributed by atoms with Gasteiger partial charge < -0.3 is 4.42 Å². The molecule has 2 nitrogen and oxygen atoms in total. The van der Waals surface area contributed by atoms with Gasteiger partial charge in [-0.15, -0.1) is 0 Å². The van der Waals surface area contributed by atoms with E-state index >= 15 is 0 Å². The molecule has 0 unspecified atom stereocenters. The minimum atomic E-state index is 0.676. The van der Waals surface area contributed by atoms with Gasteiger partial charge in [-0.05, 0) is 19.4 Å². The minimum absolute atomic E-state index is 0.676. The van der Waals surface area contributed by atoms with Crippen LogP contribution in [0.1, 0.15) is 21.7 Å². The highest BCUT2D eigenvalue weighted by Crippen LogP contribution is 2.11. The average molecular weight is 124 g/mol. The predicted octanol–water partition coefficient (Wildman–Crippen LogP) is 1.71. The highest BCUT2D eigenvalue weighted by atomic mass is 16.3. The summed E-state index contributed by atoms with van der Waals surface area (Å²) < 4.78 is 4.95. The first-order valence-corrected chi connectivity index (χ1v) is 2.75. The Hall–Kier alpha value is -1.05. The van der Waals surface area contributed by atoms with Crippen molar-refractivity contribution in [1.29, 1.82) is 0 Å². The minimum Gasteiger partial charge on any atom is -0.469 e. The van der Waals surface area contributed by atoms with Gasteiger partial charge in [0.2, 0.25) is 0 Å². The monoisotopic (exact) mass is 124 g/mol. The van der Waals surface area contributed by atoms with Crippen LogP contribution >= 0.6 is 0 Å². The lowest BCUT2D eigenvalue weighted by atomic mass is 10.2. The number of hydrogen-bond donors (Lipinski definition) is 0. The summed E-state index contributed by atoms with van der Waals surface area (Å²) in [5.74, 6) is 0.697. The molecule has 1 heterocycles. The van der Waals surface area contributed by atoms with Crippen molar-refractivity contribution in [3.63, 3.8) is 0 Å². The summed E-state index contributed by atoms with van der Waals surface area (Å²) >= 11 is 0. The Morgan fingerprint density at radius 3 is 2.44 bits per heavy atom. The highest BCUT2D eigenvalue weighted by Gasteiger charge is 2.02. The van der Waals surface area contributed by atoms with Crippen LogP contribution in [0.25, 0.3) is 0 Å². The molecule has 2 heteroatoms. The zero-order valence-corrected chi connectivity index (χ0v) is 5.47. The van der Waals surface area contributed by atoms with Crippen molar-refractivity contribution in [1.82, 2.24) is 0 Å². The van der Waals surface area contributed by atoms with Gasteiger partial charge in [0.1, 0.15) is 5.76 Å². The molecule has 1 rings (SSSR count). The predicted molar refractivity (Wildman–Crippen MR) is 33.6 cm³/mol. The van der Waals surface area contributed by atoms with Crippen LogP contribution in [-0.2, 0) is 0 Å². The second kappa shape index (κ2) is 2.05. The van der Waals surface area contributed by atoms with Crippen molar-refractivity contribution in [2.75, 3.05) is 0 Å². The van der Waals surface area contributed by atoms with Gasteiger partial charge in [-0.1, -0.05) is 0 Å². The fourth-order valence-corrected chi connectivity index (χ4v) is 0.757. The normalized spacial score (nSPS) is 9.56. The number of carbonyl (C=O) groups excluding carboxylic acids is 1. The molecule has 1 aromatic rings. The summed E-state index contributed by atoms with van der Waals surface area (Å²) in [6.45, 7) is 3.62. The van der Waals surface area contributed by atoms with E-state index in [9.17, 15) is 4.79 Å². The van der Waals surface area contributed by atoms with E-state index in [0.717, 1.165) is 11.8 Å². The zero-order valence-electron chi connectivity index (χ0n) is 5.47. The van der Waals surface area contributed by atoms with Crippen molar-refractivity contribution in [2.45, 2.75) is 13.8 Å². The molecule has 0 bridgehead atoms. The van der Waals surface area contributed by atoms with E-state index in [1.165, 1.54) is 0 Å². The Balaban J connectivity index is 3.22. The molecule has 0 aliphatic carbocycles. The lowest BCUT2D eigenvalue weighted by molar-refractivity contribution is 0.112. The Kier molecular flexibility index (Phi) is 1.39. The highest BCUT2D eigenvalue weighted by molar-refractivity contribution is 5.78. The Morgan fingerprint density at radius 2 is 2.22 bits per heavy atom. The fraction of sp³-hybridized carbons (Fsp3) is 0.286. The molecule has 0 atom stereocenters. The topological polar surface area (TPSA) is 30.2 Å². The maximum Gasteiger partial charge on any atom is 0.153 e. The van der Waals surface area contributed by atoms with Crippen molar-refractivity contribution in [2.24, 2.45) is 0 Å². The van der Waals surface area contributed by atoms with E-state index in [1.807, 2.05) is 6.92 Å². The van der Waals surface area contributed by atoms with E-state index < -0.39 is 0 Å². The third-order valence-corrected chi connectivity index (χ3v) is 1.33. The molecule has 1 aromatic heterocycles. The van der Waals surface area contributed by atoms with Crippen LogP contribution in [0.4, 0.5) is 0 Å². The second-order valence-electron chi connectivity index (χ2n) is 2.01. The lowest BCUT2D eigenvalue weighted by Gasteiger charge is -1.83. The van der Waals surface area contributed by atoms with Gasteiger partial charge in [0.15, 0.2) is 6.29 Å². The average Bonchev–Trinajstić information content (AvgIpc) is 2.12. The van der Waals surface area contributed by atoms with Crippen LogP contribution in [0, 0.1) is 13.8 Å². The van der Waals surface area contributed by atoms with Crippen molar-refractivity contribution in [3.8, 4) is 0 Å². The summed E-state index contributed by atoms with van der Waals surface area (Å²) in [6.07, 6.45) is 2.40. The molecule has 0 aromatic carbocycles. The molecule has 0 aliphatic heterocycles. The maximum atomic E-state index is 10.2. The van der Waals surface area contributed by atoms with Gasteiger partial charge >= 0.3 is 0 Å². The molecule has 0 spiro atoms. The number of hydrogen-bond acceptors (Lipinski definition) is 2. The van der Waals surface area contributed by atoms with E-state index in [4.69, 9.17) is 4.42 Å². The molecule has 0 aliphatic rings. The van der Waals surface area contributed by atoms with Crippen LogP contribution in [0.15, 0.2) is 10.7 Å². The summed E-state index contributed by atoms with van der Waals surface area (Å²) in [4.78, 5) is 10.2. The van der Waals surface area contributed by atoms with Gasteiger partial charge in [-0.25, -0.2) is 0 Å². The first-order valence-electron chi connectivity index (χ1n) is 2.75. The summed E-state index contributed by atoms with van der Waals surface area (Å²) in [5.41, 5.74) is 1.58. The summed E-state index contributed by atoms with van der Waals surface area (Å²) in [6, 6.07) is 0. The molecular weight excluding hydrogens is 116 g/mol. The van der Waals surface area contributed by atoms with Gasteiger partial charge in [0.25, 0.3) is 0 Å². The van der Waals surface area contributed by atoms with Crippen molar-refractivity contribution >= 4 is 6.29 Å². The third-order valence-electron chi connectivity index (χ3n) is 1.33. The van der Waals surface area contributed by atoms with Crippen LogP contribution in [0.3, 0.4) is 0 Å². The number of aldehydes is 1. The van der Waals surface area contributed by atoms with Crippen LogP contribution in [0.2, 0.25) is 0 Å². The summed E-state index contributed by atoms with van der Waals surface area (Å²) in [7, 11) is 0. The van der Waals surface area contributed by atoms with Gasteiger partial charge in [-0.2, -0.15) is 0 Å². The molecule has 48 valence electrons. The van der Waals surface area contributed by atoms with Crippen LogP contribution in [0.5, 0.6) is 0 Å². The van der Waals surface area contributed by atoms with Crippen LogP contribution < -0.4 is 0 Å². The quantitative estimate of drug-likeness (QED) is 0.533. The standard InChI is InChI=1S/C7H8O2/c1-5-4-9-6(2)7(5)3-8/h3-4H,1-2H3. The van der Waals surface area contributed by atoms with Crippen molar-refractivity contribution in [3.05, 3.63) is 23.2 Å². The lowest BCUT2D eigenvalue weighted by Crippen LogP contribution is -1.80. The molecule has 0 amide bonds. The van der Waals surface area contributed by atoms with Crippen LogP contribution in [-0.4, -0.2) is 6.29 Å². The van der Waals surface area contributed by atoms with Gasteiger partial charge in [0.05, 0.1) is 11.8 Å².